The minimum Gasteiger partial charge on any atom is -0.309 e. The monoisotopic (exact) mass is 235 g/mol. The Balaban J connectivity index is 2.63. The number of benzene rings is 1. The van der Waals surface area contributed by atoms with Crippen molar-refractivity contribution in [3.8, 4) is 0 Å². The molecule has 0 amide bonds. The molecule has 1 aromatic rings. The van der Waals surface area contributed by atoms with Gasteiger partial charge in [-0.2, -0.15) is 0 Å². The number of hydrogen-bond donors (Lipinski definition) is 1. The molecule has 0 fully saturated rings. The van der Waals surface area contributed by atoms with Crippen LogP contribution in [0.5, 0.6) is 0 Å². The van der Waals surface area contributed by atoms with Gasteiger partial charge in [0.05, 0.1) is 5.02 Å². The van der Waals surface area contributed by atoms with Gasteiger partial charge in [0.2, 0.25) is 0 Å². The maximum atomic E-state index is 13.4. The van der Waals surface area contributed by atoms with Crippen LogP contribution in [0.2, 0.25) is 5.02 Å². The molecule has 1 aromatic carbocycles. The van der Waals surface area contributed by atoms with E-state index in [2.05, 4.69) is 5.32 Å². The van der Waals surface area contributed by atoms with Gasteiger partial charge in [-0.25, -0.2) is 4.39 Å². The first-order valence-corrected chi connectivity index (χ1v) is 5.28. The molecule has 0 bridgehead atoms. The fourth-order valence-corrected chi connectivity index (χ4v) is 1.33. The molecule has 0 aliphatic heterocycles. The lowest BCUT2D eigenvalue weighted by atomic mass is 10.2. The lowest BCUT2D eigenvalue weighted by Crippen LogP contribution is -2.27. The molecule has 0 aliphatic carbocycles. The van der Waals surface area contributed by atoms with Crippen LogP contribution in [0.1, 0.15) is 12.5 Å². The van der Waals surface area contributed by atoms with Crippen LogP contribution >= 0.6 is 23.2 Å². The number of rotatable bonds is 4. The van der Waals surface area contributed by atoms with E-state index in [1.54, 1.807) is 12.1 Å². The average Bonchev–Trinajstić information content (AvgIpc) is 2.20. The summed E-state index contributed by atoms with van der Waals surface area (Å²) < 4.78 is 13.4. The second kappa shape index (κ2) is 5.54. The molecule has 78 valence electrons. The van der Waals surface area contributed by atoms with Crippen LogP contribution in [0, 0.1) is 5.82 Å². The Labute approximate surface area is 93.2 Å². The van der Waals surface area contributed by atoms with Crippen LogP contribution in [0.4, 0.5) is 4.39 Å². The first-order chi connectivity index (χ1) is 6.65. The Morgan fingerprint density at radius 2 is 2.21 bits per heavy atom. The second-order valence-corrected chi connectivity index (χ2v) is 3.87. The highest BCUT2D eigenvalue weighted by atomic mass is 35.5. The first-order valence-electron chi connectivity index (χ1n) is 4.37. The van der Waals surface area contributed by atoms with E-state index in [1.807, 2.05) is 6.92 Å². The summed E-state index contributed by atoms with van der Waals surface area (Å²) in [4.78, 5) is 0. The third-order valence-electron chi connectivity index (χ3n) is 1.90. The lowest BCUT2D eigenvalue weighted by molar-refractivity contribution is 0.556. The Morgan fingerprint density at radius 1 is 1.50 bits per heavy atom. The summed E-state index contributed by atoms with van der Waals surface area (Å²) >= 11 is 11.2. The third kappa shape index (κ3) is 3.12. The molecule has 14 heavy (non-hydrogen) atoms. The van der Waals surface area contributed by atoms with Crippen molar-refractivity contribution in [1.29, 1.82) is 0 Å². The Kier molecular flexibility index (Phi) is 4.66. The van der Waals surface area contributed by atoms with Gasteiger partial charge >= 0.3 is 0 Å². The van der Waals surface area contributed by atoms with E-state index in [0.717, 1.165) is 0 Å². The van der Waals surface area contributed by atoms with E-state index in [1.165, 1.54) is 6.07 Å². The van der Waals surface area contributed by atoms with Crippen molar-refractivity contribution in [2.45, 2.75) is 19.5 Å². The maximum absolute atomic E-state index is 13.4. The number of nitrogens with one attached hydrogen (secondary N) is 1. The highest BCUT2D eigenvalue weighted by Crippen LogP contribution is 2.17. The van der Waals surface area contributed by atoms with Gasteiger partial charge < -0.3 is 5.32 Å². The minimum absolute atomic E-state index is 0.155. The molecular formula is C10H12Cl2FN. The summed E-state index contributed by atoms with van der Waals surface area (Å²) in [7, 11) is 0. The van der Waals surface area contributed by atoms with Gasteiger partial charge in [0, 0.05) is 24.0 Å². The van der Waals surface area contributed by atoms with Crippen LogP contribution in [0.25, 0.3) is 0 Å². The Hall–Kier alpha value is -0.310. The highest BCUT2D eigenvalue weighted by molar-refractivity contribution is 6.30. The zero-order chi connectivity index (χ0) is 10.6. The highest BCUT2D eigenvalue weighted by Gasteiger charge is 2.06. The molecule has 1 nitrogen and oxygen atoms in total. The molecule has 0 spiro atoms. The van der Waals surface area contributed by atoms with Crippen molar-refractivity contribution >= 4 is 23.2 Å². The standard InChI is InChI=1S/C10H12Cl2FN/c1-7(5-11)14-6-8-3-2-4-9(12)10(8)13/h2-4,7,14H,5-6H2,1H3. The zero-order valence-corrected chi connectivity index (χ0v) is 9.37. The van der Waals surface area contributed by atoms with Gasteiger partial charge in [-0.05, 0) is 13.0 Å². The van der Waals surface area contributed by atoms with E-state index in [0.29, 0.717) is 18.0 Å². The number of alkyl halides is 1. The second-order valence-electron chi connectivity index (χ2n) is 3.15. The van der Waals surface area contributed by atoms with Crippen molar-refractivity contribution in [3.63, 3.8) is 0 Å². The van der Waals surface area contributed by atoms with E-state index in [-0.39, 0.29) is 16.9 Å². The van der Waals surface area contributed by atoms with Crippen molar-refractivity contribution in [1.82, 2.24) is 5.32 Å². The van der Waals surface area contributed by atoms with Crippen molar-refractivity contribution < 1.29 is 4.39 Å². The lowest BCUT2D eigenvalue weighted by Gasteiger charge is -2.11. The van der Waals surface area contributed by atoms with Crippen molar-refractivity contribution in [3.05, 3.63) is 34.6 Å². The summed E-state index contributed by atoms with van der Waals surface area (Å²) in [5.41, 5.74) is 0.564. The molecule has 0 saturated heterocycles. The smallest absolute Gasteiger partial charge is 0.146 e. The van der Waals surface area contributed by atoms with Crippen LogP contribution < -0.4 is 5.32 Å². The SMILES string of the molecule is CC(CCl)NCc1cccc(Cl)c1F. The molecular weight excluding hydrogens is 224 g/mol. The summed E-state index contributed by atoms with van der Waals surface area (Å²) in [5.74, 6) is 0.144. The molecule has 0 radical (unpaired) electrons. The maximum Gasteiger partial charge on any atom is 0.146 e. The first kappa shape index (κ1) is 11.8. The van der Waals surface area contributed by atoms with Gasteiger partial charge in [0.15, 0.2) is 0 Å². The van der Waals surface area contributed by atoms with Crippen molar-refractivity contribution in [2.24, 2.45) is 0 Å². The molecule has 1 atom stereocenters. The van der Waals surface area contributed by atoms with E-state index in [4.69, 9.17) is 23.2 Å². The predicted molar refractivity (Wildman–Crippen MR) is 58.4 cm³/mol. The summed E-state index contributed by atoms with van der Waals surface area (Å²) in [5, 5.41) is 3.24. The van der Waals surface area contributed by atoms with Crippen LogP contribution in [0.3, 0.4) is 0 Å². The van der Waals surface area contributed by atoms with Crippen molar-refractivity contribution in [2.75, 3.05) is 5.88 Å². The normalized spacial score (nSPS) is 12.9. The van der Waals surface area contributed by atoms with Gasteiger partial charge in [0.1, 0.15) is 5.82 Å². The van der Waals surface area contributed by atoms with Gasteiger partial charge in [-0.1, -0.05) is 23.7 Å². The predicted octanol–water partition coefficient (Wildman–Crippen LogP) is 3.20. The zero-order valence-electron chi connectivity index (χ0n) is 7.86. The van der Waals surface area contributed by atoms with E-state index in [9.17, 15) is 4.39 Å². The number of halogens is 3. The number of hydrogen-bond acceptors (Lipinski definition) is 1. The fraction of sp³-hybridized carbons (Fsp3) is 0.400. The van der Waals surface area contributed by atoms with Gasteiger partial charge in [-0.15, -0.1) is 11.6 Å². The van der Waals surface area contributed by atoms with Crippen LogP contribution in [-0.2, 0) is 6.54 Å². The summed E-state index contributed by atoms with van der Waals surface area (Å²) in [6.45, 7) is 2.38. The van der Waals surface area contributed by atoms with Crippen LogP contribution in [0.15, 0.2) is 18.2 Å². The molecule has 1 N–H and O–H groups in total. The Morgan fingerprint density at radius 3 is 2.86 bits per heavy atom. The molecule has 0 aliphatic rings. The molecule has 1 unspecified atom stereocenters. The summed E-state index contributed by atoms with van der Waals surface area (Å²) in [6, 6.07) is 5.13. The van der Waals surface area contributed by atoms with Gasteiger partial charge in [-0.3, -0.25) is 0 Å². The Bertz CT molecular complexity index is 304. The third-order valence-corrected chi connectivity index (χ3v) is 2.66. The van der Waals surface area contributed by atoms with Crippen LogP contribution in [-0.4, -0.2) is 11.9 Å². The topological polar surface area (TPSA) is 12.0 Å². The quantitative estimate of drug-likeness (QED) is 0.791. The minimum atomic E-state index is -0.358. The molecule has 0 aromatic heterocycles. The van der Waals surface area contributed by atoms with E-state index < -0.39 is 0 Å². The fourth-order valence-electron chi connectivity index (χ4n) is 1.02. The molecule has 4 heteroatoms. The molecule has 1 rings (SSSR count). The largest absolute Gasteiger partial charge is 0.309 e. The van der Waals surface area contributed by atoms with E-state index >= 15 is 0 Å². The average molecular weight is 236 g/mol. The molecule has 0 saturated carbocycles. The summed E-state index contributed by atoms with van der Waals surface area (Å²) in [6.07, 6.45) is 0. The van der Waals surface area contributed by atoms with Gasteiger partial charge in [0.25, 0.3) is 0 Å². The molecule has 0 heterocycles.